The molecule has 0 N–H and O–H groups in total. The summed E-state index contributed by atoms with van der Waals surface area (Å²) in [6.45, 7) is 0. The molecule has 0 heterocycles. The first-order valence-corrected chi connectivity index (χ1v) is 7.19. The van der Waals surface area contributed by atoms with E-state index in [1.165, 1.54) is 18.2 Å². The third-order valence-corrected chi connectivity index (χ3v) is 3.68. The van der Waals surface area contributed by atoms with Crippen molar-refractivity contribution in [3.8, 4) is 11.1 Å². The van der Waals surface area contributed by atoms with Crippen LogP contribution in [0.4, 0.5) is 26.3 Å². The number of alkyl halides is 7. The van der Waals surface area contributed by atoms with Crippen LogP contribution in [-0.4, -0.2) is 0 Å². The molecule has 118 valence electrons. The smallest absolute Gasteiger partial charge is 0.166 e. The van der Waals surface area contributed by atoms with Crippen LogP contribution in [0.15, 0.2) is 42.5 Å². The van der Waals surface area contributed by atoms with Gasteiger partial charge in [-0.2, -0.15) is 26.3 Å². The molecule has 0 aliphatic rings. The summed E-state index contributed by atoms with van der Waals surface area (Å²) in [5.41, 5.74) is -0.855. The standard InChI is InChI=1S/C15H9BrF6/c16-8-10-7-12(15(20,21)22)4-5-13(10)9-2-1-3-11(6-9)14(17,18)19/h1-7H,8H2. The average Bonchev–Trinajstić information content (AvgIpc) is 2.45. The van der Waals surface area contributed by atoms with E-state index in [1.54, 1.807) is 0 Å². The molecule has 0 saturated carbocycles. The Kier molecular flexibility index (Phi) is 4.56. The highest BCUT2D eigenvalue weighted by atomic mass is 79.9. The first kappa shape index (κ1) is 16.9. The van der Waals surface area contributed by atoms with E-state index in [2.05, 4.69) is 15.9 Å². The van der Waals surface area contributed by atoms with Crippen molar-refractivity contribution in [2.75, 3.05) is 0 Å². The summed E-state index contributed by atoms with van der Waals surface area (Å²) in [6, 6.07) is 7.50. The summed E-state index contributed by atoms with van der Waals surface area (Å²) in [7, 11) is 0. The van der Waals surface area contributed by atoms with Gasteiger partial charge in [-0.05, 0) is 41.0 Å². The largest absolute Gasteiger partial charge is 0.416 e. The molecule has 0 fully saturated rings. The third kappa shape index (κ3) is 3.63. The highest BCUT2D eigenvalue weighted by molar-refractivity contribution is 9.08. The zero-order valence-electron chi connectivity index (χ0n) is 10.9. The highest BCUT2D eigenvalue weighted by Crippen LogP contribution is 2.36. The van der Waals surface area contributed by atoms with Gasteiger partial charge in [0.15, 0.2) is 0 Å². The Balaban J connectivity index is 2.54. The van der Waals surface area contributed by atoms with Crippen molar-refractivity contribution in [3.05, 3.63) is 59.2 Å². The molecule has 0 saturated heterocycles. The van der Waals surface area contributed by atoms with Gasteiger partial charge in [0.2, 0.25) is 0 Å². The van der Waals surface area contributed by atoms with Gasteiger partial charge in [-0.3, -0.25) is 0 Å². The Morgan fingerprint density at radius 3 is 1.91 bits per heavy atom. The van der Waals surface area contributed by atoms with Crippen LogP contribution in [0, 0.1) is 0 Å². The van der Waals surface area contributed by atoms with E-state index >= 15 is 0 Å². The summed E-state index contributed by atoms with van der Waals surface area (Å²) >= 11 is 3.07. The van der Waals surface area contributed by atoms with Crippen LogP contribution in [-0.2, 0) is 17.7 Å². The Bertz CT molecular complexity index is 672. The zero-order valence-corrected chi connectivity index (χ0v) is 12.5. The van der Waals surface area contributed by atoms with Crippen molar-refractivity contribution in [2.45, 2.75) is 17.7 Å². The fourth-order valence-electron chi connectivity index (χ4n) is 2.03. The van der Waals surface area contributed by atoms with E-state index in [4.69, 9.17) is 0 Å². The average molecular weight is 383 g/mol. The minimum atomic E-state index is -4.50. The summed E-state index contributed by atoms with van der Waals surface area (Å²) in [4.78, 5) is 0. The van der Waals surface area contributed by atoms with E-state index in [-0.39, 0.29) is 16.5 Å². The van der Waals surface area contributed by atoms with Crippen LogP contribution in [0.3, 0.4) is 0 Å². The first-order chi connectivity index (χ1) is 10.1. The lowest BCUT2D eigenvalue weighted by Crippen LogP contribution is -2.06. The topological polar surface area (TPSA) is 0 Å². The molecule has 2 aromatic rings. The van der Waals surface area contributed by atoms with Gasteiger partial charge >= 0.3 is 12.4 Å². The Hall–Kier alpha value is -1.50. The number of hydrogen-bond acceptors (Lipinski definition) is 0. The molecule has 0 bridgehead atoms. The summed E-state index contributed by atoms with van der Waals surface area (Å²) in [6.07, 6.45) is -9.00. The minimum absolute atomic E-state index is 0.0997. The van der Waals surface area contributed by atoms with E-state index in [0.29, 0.717) is 5.56 Å². The fourth-order valence-corrected chi connectivity index (χ4v) is 2.49. The number of benzene rings is 2. The molecule has 0 aliphatic heterocycles. The molecule has 0 unspecified atom stereocenters. The summed E-state index contributed by atoms with van der Waals surface area (Å²) in [5, 5.41) is 0.0997. The second-order valence-electron chi connectivity index (χ2n) is 4.58. The molecular weight excluding hydrogens is 374 g/mol. The van der Waals surface area contributed by atoms with Crippen LogP contribution >= 0.6 is 15.9 Å². The lowest BCUT2D eigenvalue weighted by molar-refractivity contribution is -0.138. The van der Waals surface area contributed by atoms with Crippen molar-refractivity contribution in [3.63, 3.8) is 0 Å². The van der Waals surface area contributed by atoms with Crippen molar-refractivity contribution >= 4 is 15.9 Å². The van der Waals surface area contributed by atoms with Crippen molar-refractivity contribution in [2.24, 2.45) is 0 Å². The predicted molar refractivity (Wildman–Crippen MR) is 74.5 cm³/mol. The monoisotopic (exact) mass is 382 g/mol. The maximum atomic E-state index is 12.7. The lowest BCUT2D eigenvalue weighted by atomic mass is 9.97. The maximum absolute atomic E-state index is 12.7. The molecule has 0 radical (unpaired) electrons. The van der Waals surface area contributed by atoms with E-state index in [1.807, 2.05) is 0 Å². The second-order valence-corrected chi connectivity index (χ2v) is 5.14. The van der Waals surface area contributed by atoms with Gasteiger partial charge in [0.05, 0.1) is 11.1 Å². The predicted octanol–water partition coefficient (Wildman–Crippen LogP) is 6.29. The Morgan fingerprint density at radius 2 is 1.36 bits per heavy atom. The highest BCUT2D eigenvalue weighted by Gasteiger charge is 2.32. The van der Waals surface area contributed by atoms with Gasteiger partial charge < -0.3 is 0 Å². The molecule has 0 aromatic heterocycles. The molecule has 0 aliphatic carbocycles. The lowest BCUT2D eigenvalue weighted by Gasteiger charge is -2.14. The number of halogens is 7. The van der Waals surface area contributed by atoms with E-state index < -0.39 is 23.5 Å². The normalized spacial score (nSPS) is 12.5. The molecule has 22 heavy (non-hydrogen) atoms. The van der Waals surface area contributed by atoms with Crippen LogP contribution < -0.4 is 0 Å². The quantitative estimate of drug-likeness (QED) is 0.423. The molecule has 7 heteroatoms. The van der Waals surface area contributed by atoms with Crippen LogP contribution in [0.1, 0.15) is 16.7 Å². The number of rotatable bonds is 2. The molecule has 0 spiro atoms. The van der Waals surface area contributed by atoms with Crippen LogP contribution in [0.5, 0.6) is 0 Å². The molecule has 2 aromatic carbocycles. The number of hydrogen-bond donors (Lipinski definition) is 0. The van der Waals surface area contributed by atoms with Crippen molar-refractivity contribution in [1.29, 1.82) is 0 Å². The molecule has 0 amide bonds. The van der Waals surface area contributed by atoms with Gasteiger partial charge in [-0.1, -0.05) is 34.1 Å². The molecule has 0 atom stereocenters. The maximum Gasteiger partial charge on any atom is 0.416 e. The minimum Gasteiger partial charge on any atom is -0.166 e. The van der Waals surface area contributed by atoms with Gasteiger partial charge in [-0.25, -0.2) is 0 Å². The molecule has 2 rings (SSSR count). The first-order valence-electron chi connectivity index (χ1n) is 6.06. The van der Waals surface area contributed by atoms with Crippen LogP contribution in [0.2, 0.25) is 0 Å². The van der Waals surface area contributed by atoms with Gasteiger partial charge in [0, 0.05) is 5.33 Å². The van der Waals surface area contributed by atoms with Gasteiger partial charge in [0.25, 0.3) is 0 Å². The third-order valence-electron chi connectivity index (χ3n) is 3.08. The Morgan fingerprint density at radius 1 is 0.773 bits per heavy atom. The second kappa shape index (κ2) is 5.95. The van der Waals surface area contributed by atoms with E-state index in [9.17, 15) is 26.3 Å². The van der Waals surface area contributed by atoms with E-state index in [0.717, 1.165) is 24.3 Å². The Labute approximate surface area is 130 Å². The van der Waals surface area contributed by atoms with Crippen molar-refractivity contribution < 1.29 is 26.3 Å². The van der Waals surface area contributed by atoms with Gasteiger partial charge in [-0.15, -0.1) is 0 Å². The molecular formula is C15H9BrF6. The molecule has 0 nitrogen and oxygen atoms in total. The zero-order chi connectivity index (χ0) is 16.5. The van der Waals surface area contributed by atoms with Crippen molar-refractivity contribution in [1.82, 2.24) is 0 Å². The van der Waals surface area contributed by atoms with Gasteiger partial charge in [0.1, 0.15) is 0 Å². The summed E-state index contributed by atoms with van der Waals surface area (Å²) < 4.78 is 76.3. The SMILES string of the molecule is FC(F)(F)c1cccc(-c2ccc(C(F)(F)F)cc2CBr)c1. The summed E-state index contributed by atoms with van der Waals surface area (Å²) in [5.74, 6) is 0. The fraction of sp³-hybridized carbons (Fsp3) is 0.200. The van der Waals surface area contributed by atoms with Crippen LogP contribution in [0.25, 0.3) is 11.1 Å².